The Morgan fingerprint density at radius 1 is 1.04 bits per heavy atom. The van der Waals surface area contributed by atoms with Crippen LogP contribution in [0.3, 0.4) is 0 Å². The zero-order valence-corrected chi connectivity index (χ0v) is 27.5. The number of fused-ring (bicyclic) bond motifs is 2. The summed E-state index contributed by atoms with van der Waals surface area (Å²) in [5.74, 6) is -3.59. The molecule has 4 atom stereocenters. The van der Waals surface area contributed by atoms with Gasteiger partial charge in [-0.25, -0.2) is 17.1 Å². The smallest absolute Gasteiger partial charge is 0.240 e. The molecule has 9 nitrogen and oxygen atoms in total. The Morgan fingerprint density at radius 2 is 1.74 bits per heavy atom. The lowest BCUT2D eigenvalue weighted by molar-refractivity contribution is -0.156. The third-order valence-corrected chi connectivity index (χ3v) is 11.5. The molecule has 1 unspecified atom stereocenters. The first-order valence-corrected chi connectivity index (χ1v) is 17.5. The number of anilines is 1. The fourth-order valence-electron chi connectivity index (χ4n) is 7.78. The van der Waals surface area contributed by atoms with Crippen molar-refractivity contribution in [3.8, 4) is 0 Å². The van der Waals surface area contributed by atoms with E-state index < -0.39 is 62.9 Å². The molecular formula is C33H33Cl2FN4O5S. The van der Waals surface area contributed by atoms with E-state index in [0.29, 0.717) is 38.0 Å². The predicted molar refractivity (Wildman–Crippen MR) is 173 cm³/mol. The number of amides is 3. The summed E-state index contributed by atoms with van der Waals surface area (Å²) in [6.45, 7) is 2.03. The largest absolute Gasteiger partial charge is 0.368 e. The maximum Gasteiger partial charge on any atom is 0.240 e. The molecule has 6 rings (SSSR count). The molecule has 0 aliphatic carbocycles. The zero-order valence-electron chi connectivity index (χ0n) is 25.2. The second-order valence-electron chi connectivity index (χ2n) is 12.4. The molecule has 3 aliphatic rings. The van der Waals surface area contributed by atoms with Crippen molar-refractivity contribution >= 4 is 56.6 Å². The first-order chi connectivity index (χ1) is 21.7. The summed E-state index contributed by atoms with van der Waals surface area (Å²) in [5, 5.41) is 3.76. The number of carbonyl (C=O) groups excluding carboxylic acids is 3. The number of hydrogen-bond acceptors (Lipinski definition) is 5. The van der Waals surface area contributed by atoms with E-state index in [4.69, 9.17) is 28.9 Å². The molecule has 2 saturated heterocycles. The Labute approximate surface area is 276 Å². The number of sulfonamides is 1. The number of benzene rings is 3. The van der Waals surface area contributed by atoms with E-state index in [2.05, 4.69) is 5.32 Å². The van der Waals surface area contributed by atoms with Gasteiger partial charge < -0.3 is 16.0 Å². The number of nitrogens with one attached hydrogen (secondary N) is 1. The lowest BCUT2D eigenvalue weighted by atomic mass is 9.57. The number of nitrogens with zero attached hydrogens (tertiary/aromatic N) is 2. The Balaban J connectivity index is 1.63. The fourth-order valence-corrected chi connectivity index (χ4v) is 9.03. The van der Waals surface area contributed by atoms with Crippen molar-refractivity contribution < 1.29 is 27.2 Å². The summed E-state index contributed by atoms with van der Waals surface area (Å²) < 4.78 is 41.1. The van der Waals surface area contributed by atoms with Gasteiger partial charge in [-0.2, -0.15) is 0 Å². The first-order valence-electron chi connectivity index (χ1n) is 14.9. The van der Waals surface area contributed by atoms with E-state index in [-0.39, 0.29) is 32.4 Å². The second-order valence-corrected chi connectivity index (χ2v) is 15.2. The average Bonchev–Trinajstić information content (AvgIpc) is 3.26. The van der Waals surface area contributed by atoms with Crippen molar-refractivity contribution in [3.63, 3.8) is 0 Å². The van der Waals surface area contributed by atoms with Gasteiger partial charge in [-0.05, 0) is 84.3 Å². The average molecular weight is 688 g/mol. The van der Waals surface area contributed by atoms with Crippen LogP contribution in [0.4, 0.5) is 10.1 Å². The maximum atomic E-state index is 15.2. The van der Waals surface area contributed by atoms with Crippen LogP contribution in [0.5, 0.6) is 0 Å². The molecule has 3 N–H and O–H groups in total. The molecule has 3 aromatic carbocycles. The van der Waals surface area contributed by atoms with E-state index in [9.17, 15) is 22.8 Å². The molecule has 0 radical (unpaired) electrons. The first kappa shape index (κ1) is 32.4. The van der Waals surface area contributed by atoms with Crippen molar-refractivity contribution in [1.29, 1.82) is 0 Å². The van der Waals surface area contributed by atoms with Gasteiger partial charge in [0.15, 0.2) is 0 Å². The van der Waals surface area contributed by atoms with Gasteiger partial charge in [-0.1, -0.05) is 47.5 Å². The molecule has 3 aromatic rings. The quantitative estimate of drug-likeness (QED) is 0.381. The summed E-state index contributed by atoms with van der Waals surface area (Å²) in [6.07, 6.45) is 1.44. The third kappa shape index (κ3) is 5.36. The molecular weight excluding hydrogens is 654 g/mol. The number of nitrogens with two attached hydrogens (primary N) is 1. The third-order valence-electron chi connectivity index (χ3n) is 9.77. The molecule has 3 aliphatic heterocycles. The molecule has 3 heterocycles. The highest BCUT2D eigenvalue weighted by Gasteiger charge is 2.65. The maximum absolute atomic E-state index is 15.2. The highest BCUT2D eigenvalue weighted by Crippen LogP contribution is 2.61. The predicted octanol–water partition coefficient (Wildman–Crippen LogP) is 4.91. The fraction of sp³-hybridized carbons (Fsp3) is 0.364. The van der Waals surface area contributed by atoms with E-state index in [1.54, 1.807) is 55.5 Å². The lowest BCUT2D eigenvalue weighted by Gasteiger charge is -2.54. The van der Waals surface area contributed by atoms with Crippen LogP contribution in [0.15, 0.2) is 60.7 Å². The van der Waals surface area contributed by atoms with Crippen LogP contribution in [0.25, 0.3) is 0 Å². The van der Waals surface area contributed by atoms with Crippen LogP contribution in [0.2, 0.25) is 10.0 Å². The number of halogens is 3. The zero-order chi connectivity index (χ0) is 33.1. The van der Waals surface area contributed by atoms with E-state index in [1.807, 2.05) is 0 Å². The number of aryl methyl sites for hydroxylation is 1. The molecule has 13 heteroatoms. The van der Waals surface area contributed by atoms with Gasteiger partial charge in [0.2, 0.25) is 27.7 Å². The van der Waals surface area contributed by atoms with Gasteiger partial charge >= 0.3 is 0 Å². The summed E-state index contributed by atoms with van der Waals surface area (Å²) in [5.41, 5.74) is 7.08. The Kier molecular flexibility index (Phi) is 8.42. The minimum atomic E-state index is -3.48. The normalized spacial score (nSPS) is 24.6. The molecule has 0 aromatic heterocycles. The van der Waals surface area contributed by atoms with Crippen LogP contribution in [0, 0.1) is 18.7 Å². The van der Waals surface area contributed by atoms with Gasteiger partial charge in [0.1, 0.15) is 17.3 Å². The highest BCUT2D eigenvalue weighted by atomic mass is 35.5. The van der Waals surface area contributed by atoms with E-state index >= 15 is 4.39 Å². The number of primary amides is 1. The van der Waals surface area contributed by atoms with Gasteiger partial charge in [0.05, 0.1) is 12.3 Å². The summed E-state index contributed by atoms with van der Waals surface area (Å²) >= 11 is 12.8. The Bertz CT molecular complexity index is 1870. The van der Waals surface area contributed by atoms with Gasteiger partial charge in [0, 0.05) is 41.2 Å². The van der Waals surface area contributed by atoms with Crippen LogP contribution >= 0.6 is 23.2 Å². The Hall–Kier alpha value is -3.51. The molecule has 0 bridgehead atoms. The van der Waals surface area contributed by atoms with Crippen molar-refractivity contribution in [2.45, 2.75) is 49.6 Å². The van der Waals surface area contributed by atoms with E-state index in [1.165, 1.54) is 21.3 Å². The molecule has 46 heavy (non-hydrogen) atoms. The number of rotatable bonds is 6. The number of piperidine rings is 2. The molecule has 0 saturated carbocycles. The minimum absolute atomic E-state index is 0.136. The van der Waals surface area contributed by atoms with Gasteiger partial charge in [-0.15, -0.1) is 0 Å². The summed E-state index contributed by atoms with van der Waals surface area (Å²) in [4.78, 5) is 44.2. The van der Waals surface area contributed by atoms with Crippen LogP contribution in [0.1, 0.15) is 53.5 Å². The van der Waals surface area contributed by atoms with Crippen molar-refractivity contribution in [2.75, 3.05) is 24.7 Å². The van der Waals surface area contributed by atoms with Crippen molar-refractivity contribution in [3.05, 3.63) is 98.8 Å². The molecule has 2 fully saturated rings. The second kappa shape index (κ2) is 11.9. The standard InChI is InChI=1S/C33H33Cl2FN4O5S/c1-18-6-8-23(36)16-24(18)30-33(25-9-7-22(35)15-27(25)38-32(33)43)26(20-4-3-5-21(34)14-20)17-28(41)40(30)29(31(37)42)19-10-12-39(13-11-19)46(2,44)45/h3-9,14-16,19,26,29-30H,10-13,17H2,1-2H3,(H2,37,42)(H,38,43)/t26-,29?,30+,33-/m0/s1. The summed E-state index contributed by atoms with van der Waals surface area (Å²) in [7, 11) is -3.48. The Morgan fingerprint density at radius 3 is 2.39 bits per heavy atom. The van der Waals surface area contributed by atoms with Gasteiger partial charge in [0.25, 0.3) is 0 Å². The number of hydrogen-bond donors (Lipinski definition) is 2. The van der Waals surface area contributed by atoms with Crippen LogP contribution < -0.4 is 11.1 Å². The van der Waals surface area contributed by atoms with E-state index in [0.717, 1.165) is 6.26 Å². The topological polar surface area (TPSA) is 130 Å². The molecule has 1 spiro atoms. The number of carbonyl (C=O) groups is 3. The highest BCUT2D eigenvalue weighted by molar-refractivity contribution is 7.88. The molecule has 3 amide bonds. The summed E-state index contributed by atoms with van der Waals surface area (Å²) in [6, 6.07) is 13.7. The van der Waals surface area contributed by atoms with Crippen LogP contribution in [-0.4, -0.2) is 60.7 Å². The minimum Gasteiger partial charge on any atom is -0.368 e. The monoisotopic (exact) mass is 686 g/mol. The SMILES string of the molecule is Cc1ccc(F)cc1[C@H]1N(C(C(N)=O)C2CCN(S(C)(=O)=O)CC2)C(=O)C[C@@H](c2cccc(Cl)c2)[C@]12C(=O)Nc1cc(Cl)ccc12. The van der Waals surface area contributed by atoms with Crippen molar-refractivity contribution in [1.82, 2.24) is 9.21 Å². The van der Waals surface area contributed by atoms with Crippen LogP contribution in [-0.2, 0) is 29.8 Å². The van der Waals surface area contributed by atoms with Crippen molar-refractivity contribution in [2.24, 2.45) is 11.7 Å². The lowest BCUT2D eigenvalue weighted by Crippen LogP contribution is -2.64. The van der Waals surface area contributed by atoms with Gasteiger partial charge in [-0.3, -0.25) is 14.4 Å². The molecule has 242 valence electrons. The number of likely N-dealkylation sites (tertiary alicyclic amines) is 1.